The maximum Gasteiger partial charge on any atom is 0.0520 e. The van der Waals surface area contributed by atoms with Crippen molar-refractivity contribution in [1.82, 2.24) is 0 Å². The van der Waals surface area contributed by atoms with Gasteiger partial charge in [0, 0.05) is 0 Å². The molecule has 0 aliphatic heterocycles. The highest BCUT2D eigenvalue weighted by molar-refractivity contribution is 4.45. The minimum Gasteiger partial charge on any atom is -0.316 e. The van der Waals surface area contributed by atoms with Gasteiger partial charge in [0.05, 0.1) is 6.17 Å². The lowest BCUT2D eigenvalue weighted by molar-refractivity contribution is 0.627. The molecule has 0 saturated heterocycles. The van der Waals surface area contributed by atoms with Gasteiger partial charge >= 0.3 is 0 Å². The fourth-order valence-electron chi connectivity index (χ4n) is 0.333. The molecule has 0 atom stereocenters. The average Bonchev–Trinajstić information content (AvgIpc) is 1.35. The van der Waals surface area contributed by atoms with E-state index < -0.39 is 0 Å². The van der Waals surface area contributed by atoms with E-state index in [0.717, 1.165) is 12.8 Å². The lowest BCUT2D eigenvalue weighted by Gasteiger charge is -1.97. The summed E-state index contributed by atoms with van der Waals surface area (Å²) < 4.78 is 0. The van der Waals surface area contributed by atoms with Crippen molar-refractivity contribution in [3.05, 3.63) is 0 Å². The van der Waals surface area contributed by atoms with Crippen LogP contribution in [0.25, 0.3) is 0 Å². The zero-order valence-corrected chi connectivity index (χ0v) is 4.15. The summed E-state index contributed by atoms with van der Waals surface area (Å²) in [5.74, 6) is 0. The summed E-state index contributed by atoms with van der Waals surface area (Å²) in [6.45, 7) is 2.06. The van der Waals surface area contributed by atoms with Crippen molar-refractivity contribution in [2.75, 3.05) is 0 Å². The van der Waals surface area contributed by atoms with Crippen molar-refractivity contribution < 1.29 is 0 Å². The van der Waals surface area contributed by atoms with Crippen LogP contribution in [0.5, 0.6) is 0 Å². The van der Waals surface area contributed by atoms with Gasteiger partial charge in [0.2, 0.25) is 0 Å². The molecule has 0 aromatic carbocycles. The van der Waals surface area contributed by atoms with Crippen LogP contribution in [0.15, 0.2) is 0 Å². The number of nitrogens with two attached hydrogens (primary N) is 2. The van der Waals surface area contributed by atoms with E-state index in [-0.39, 0.29) is 6.17 Å². The van der Waals surface area contributed by atoms with Crippen molar-refractivity contribution >= 4 is 0 Å². The largest absolute Gasteiger partial charge is 0.316 e. The maximum atomic E-state index is 5.18. The van der Waals surface area contributed by atoms with Gasteiger partial charge in [-0.3, -0.25) is 0 Å². The Hall–Kier alpha value is -0.0800. The summed E-state index contributed by atoms with van der Waals surface area (Å²) >= 11 is 0. The molecule has 0 spiro atoms. The molecule has 0 unspecified atom stereocenters. The van der Waals surface area contributed by atoms with Crippen LogP contribution in [0.3, 0.4) is 0 Å². The van der Waals surface area contributed by atoms with E-state index in [1.54, 1.807) is 0 Å². The molecule has 0 fully saturated rings. The first kappa shape index (κ1) is 5.92. The van der Waals surface area contributed by atoms with Crippen molar-refractivity contribution in [2.24, 2.45) is 11.5 Å². The topological polar surface area (TPSA) is 52.0 Å². The summed E-state index contributed by atoms with van der Waals surface area (Å²) in [5, 5.41) is 0. The standard InChI is InChI=1S/C4H12N2/c1-2-3-4(5)6/h4H,2-3,5-6H2,1H3. The molecule has 4 N–H and O–H groups in total. The fraction of sp³-hybridized carbons (Fsp3) is 1.00. The summed E-state index contributed by atoms with van der Waals surface area (Å²) in [6.07, 6.45) is 1.91. The summed E-state index contributed by atoms with van der Waals surface area (Å²) in [5.41, 5.74) is 10.4. The Morgan fingerprint density at radius 3 is 2.00 bits per heavy atom. The molecular formula is C4H12N2. The van der Waals surface area contributed by atoms with Crippen LogP contribution in [0.4, 0.5) is 0 Å². The molecule has 0 aliphatic rings. The Morgan fingerprint density at radius 2 is 2.00 bits per heavy atom. The summed E-state index contributed by atoms with van der Waals surface area (Å²) in [6, 6.07) is 0. The van der Waals surface area contributed by atoms with E-state index in [4.69, 9.17) is 11.5 Å². The van der Waals surface area contributed by atoms with Gasteiger partial charge < -0.3 is 11.5 Å². The van der Waals surface area contributed by atoms with Crippen LogP contribution in [-0.2, 0) is 0 Å². The zero-order chi connectivity index (χ0) is 4.99. The van der Waals surface area contributed by atoms with E-state index >= 15 is 0 Å². The molecule has 38 valence electrons. The van der Waals surface area contributed by atoms with E-state index in [9.17, 15) is 0 Å². The molecule has 0 amide bonds. The van der Waals surface area contributed by atoms with Gasteiger partial charge in [0.1, 0.15) is 0 Å². The van der Waals surface area contributed by atoms with Crippen LogP contribution < -0.4 is 11.5 Å². The second kappa shape index (κ2) is 3.12. The third kappa shape index (κ3) is 3.92. The predicted molar refractivity (Wildman–Crippen MR) is 27.1 cm³/mol. The van der Waals surface area contributed by atoms with Gasteiger partial charge in [-0.2, -0.15) is 0 Å². The van der Waals surface area contributed by atoms with Crippen LogP contribution in [0, 0.1) is 0 Å². The fourth-order valence-corrected chi connectivity index (χ4v) is 0.333. The van der Waals surface area contributed by atoms with Crippen molar-refractivity contribution in [1.29, 1.82) is 0 Å². The normalized spacial score (nSPS) is 10.0. The highest BCUT2D eigenvalue weighted by Gasteiger charge is 1.85. The smallest absolute Gasteiger partial charge is 0.0520 e. The van der Waals surface area contributed by atoms with Gasteiger partial charge in [-0.1, -0.05) is 13.3 Å². The van der Waals surface area contributed by atoms with E-state index in [0.29, 0.717) is 0 Å². The molecule has 2 heteroatoms. The molecule has 0 aliphatic carbocycles. The Bertz CT molecular complexity index is 26.7. The molecular weight excluding hydrogens is 76.1 g/mol. The first-order valence-electron chi connectivity index (χ1n) is 2.28. The number of rotatable bonds is 2. The van der Waals surface area contributed by atoms with Crippen LogP contribution in [0.2, 0.25) is 0 Å². The molecule has 0 rings (SSSR count). The molecule has 0 heterocycles. The Labute approximate surface area is 38.5 Å². The van der Waals surface area contributed by atoms with Gasteiger partial charge in [0.25, 0.3) is 0 Å². The van der Waals surface area contributed by atoms with Crippen molar-refractivity contribution in [2.45, 2.75) is 25.9 Å². The second-order valence-electron chi connectivity index (χ2n) is 1.45. The third-order valence-electron chi connectivity index (χ3n) is 0.622. The molecule has 0 aromatic rings. The number of hydrogen-bond donors (Lipinski definition) is 2. The van der Waals surface area contributed by atoms with Gasteiger partial charge in [-0.15, -0.1) is 0 Å². The minimum atomic E-state index is -0.102. The maximum absolute atomic E-state index is 5.18. The molecule has 2 nitrogen and oxygen atoms in total. The van der Waals surface area contributed by atoms with E-state index in [1.807, 2.05) is 0 Å². The lowest BCUT2D eigenvalue weighted by Crippen LogP contribution is -2.29. The predicted octanol–water partition coefficient (Wildman–Crippen LogP) is 0.0300. The molecule has 0 bridgehead atoms. The molecule has 6 heavy (non-hydrogen) atoms. The highest BCUT2D eigenvalue weighted by atomic mass is 14.8. The SMILES string of the molecule is CCCC(N)N. The highest BCUT2D eigenvalue weighted by Crippen LogP contribution is 1.82. The van der Waals surface area contributed by atoms with Crippen LogP contribution in [-0.4, -0.2) is 6.17 Å². The third-order valence-corrected chi connectivity index (χ3v) is 0.622. The monoisotopic (exact) mass is 88.1 g/mol. The van der Waals surface area contributed by atoms with Crippen molar-refractivity contribution in [3.63, 3.8) is 0 Å². The quantitative estimate of drug-likeness (QED) is 0.468. The second-order valence-corrected chi connectivity index (χ2v) is 1.45. The lowest BCUT2D eigenvalue weighted by atomic mass is 10.3. The van der Waals surface area contributed by atoms with Crippen LogP contribution >= 0.6 is 0 Å². The van der Waals surface area contributed by atoms with Gasteiger partial charge in [-0.05, 0) is 6.42 Å². The van der Waals surface area contributed by atoms with E-state index in [2.05, 4.69) is 6.92 Å². The first-order chi connectivity index (χ1) is 2.77. The summed E-state index contributed by atoms with van der Waals surface area (Å²) in [4.78, 5) is 0. The Balaban J connectivity index is 2.63. The number of hydrogen-bond acceptors (Lipinski definition) is 2. The Morgan fingerprint density at radius 1 is 1.50 bits per heavy atom. The Kier molecular flexibility index (Phi) is 3.08. The first-order valence-corrected chi connectivity index (χ1v) is 2.28. The average molecular weight is 88.2 g/mol. The van der Waals surface area contributed by atoms with E-state index in [1.165, 1.54) is 0 Å². The molecule has 0 radical (unpaired) electrons. The minimum absolute atomic E-state index is 0.102. The van der Waals surface area contributed by atoms with Crippen molar-refractivity contribution in [3.8, 4) is 0 Å². The van der Waals surface area contributed by atoms with Gasteiger partial charge in [-0.25, -0.2) is 0 Å². The molecule has 0 saturated carbocycles. The van der Waals surface area contributed by atoms with Gasteiger partial charge in [0.15, 0.2) is 0 Å². The zero-order valence-electron chi connectivity index (χ0n) is 4.15. The van der Waals surface area contributed by atoms with Crippen LogP contribution in [0.1, 0.15) is 19.8 Å². The summed E-state index contributed by atoms with van der Waals surface area (Å²) in [7, 11) is 0. The molecule has 0 aromatic heterocycles.